The lowest BCUT2D eigenvalue weighted by Gasteiger charge is -2.37. The van der Waals surface area contributed by atoms with E-state index >= 15 is 0 Å². The molecule has 1 aliphatic heterocycles. The fraction of sp³-hybridized carbons (Fsp3) is 0.478. The molecule has 0 bridgehead atoms. The Labute approximate surface area is 181 Å². The Morgan fingerprint density at radius 1 is 1.23 bits per heavy atom. The van der Waals surface area contributed by atoms with E-state index in [0.717, 1.165) is 0 Å². The van der Waals surface area contributed by atoms with Gasteiger partial charge in [0.15, 0.2) is 0 Å². The molecule has 168 valence electrons. The van der Waals surface area contributed by atoms with Crippen molar-refractivity contribution in [1.29, 1.82) is 0 Å². The highest BCUT2D eigenvalue weighted by Crippen LogP contribution is 2.27. The van der Waals surface area contributed by atoms with Crippen LogP contribution in [-0.2, 0) is 9.47 Å². The summed E-state index contributed by atoms with van der Waals surface area (Å²) in [6.07, 6.45) is -0.242. The first-order chi connectivity index (χ1) is 14.6. The lowest BCUT2D eigenvalue weighted by atomic mass is 10.1. The topological polar surface area (TPSA) is 83.7 Å². The fourth-order valence-electron chi connectivity index (χ4n) is 3.97. The normalized spacial score (nSPS) is 18.9. The van der Waals surface area contributed by atoms with Crippen LogP contribution in [0.15, 0.2) is 18.2 Å². The second-order valence-electron chi connectivity index (χ2n) is 8.36. The summed E-state index contributed by atoms with van der Waals surface area (Å²) < 4.78 is 25.8. The highest BCUT2D eigenvalue weighted by Gasteiger charge is 2.26. The molecule has 1 fully saturated rings. The average molecular weight is 432 g/mol. The van der Waals surface area contributed by atoms with Crippen LogP contribution in [0, 0.1) is 19.7 Å². The van der Waals surface area contributed by atoms with Gasteiger partial charge in [0.05, 0.1) is 29.6 Å². The van der Waals surface area contributed by atoms with Crippen molar-refractivity contribution in [3.05, 3.63) is 46.5 Å². The van der Waals surface area contributed by atoms with Crippen molar-refractivity contribution >= 4 is 23.3 Å². The number of amides is 1. The minimum absolute atomic E-state index is 0.0122. The fourth-order valence-corrected chi connectivity index (χ4v) is 3.97. The van der Waals surface area contributed by atoms with E-state index in [9.17, 15) is 14.0 Å². The zero-order valence-corrected chi connectivity index (χ0v) is 18.8. The van der Waals surface area contributed by atoms with Crippen LogP contribution < -0.4 is 10.2 Å². The molecule has 0 saturated carbocycles. The number of esters is 1. The van der Waals surface area contributed by atoms with Crippen LogP contribution in [0.4, 0.5) is 15.8 Å². The molecule has 2 unspecified atom stereocenters. The molecule has 2 N–H and O–H groups in total. The summed E-state index contributed by atoms with van der Waals surface area (Å²) in [5.74, 6) is -1.35. The van der Waals surface area contributed by atoms with E-state index in [0.29, 0.717) is 41.3 Å². The smallest absolute Gasteiger partial charge is 0.340 e. The molecule has 31 heavy (non-hydrogen) atoms. The quantitative estimate of drug-likeness (QED) is 0.693. The van der Waals surface area contributed by atoms with Gasteiger partial charge in [-0.15, -0.1) is 0 Å². The summed E-state index contributed by atoms with van der Waals surface area (Å²) in [5, 5.41) is 2.70. The lowest BCUT2D eigenvalue weighted by Crippen LogP contribution is -2.45. The summed E-state index contributed by atoms with van der Waals surface area (Å²) >= 11 is 0. The third kappa shape index (κ3) is 5.07. The molecule has 0 radical (unpaired) electrons. The molecule has 2 aromatic rings. The second-order valence-corrected chi connectivity index (χ2v) is 8.36. The monoisotopic (exact) mass is 431 g/mol. The van der Waals surface area contributed by atoms with Gasteiger partial charge in [0.25, 0.3) is 5.91 Å². The number of nitrogens with zero attached hydrogens (tertiary/aromatic N) is 1. The van der Waals surface area contributed by atoms with Crippen LogP contribution in [0.3, 0.4) is 0 Å². The third-order valence-electron chi connectivity index (χ3n) is 5.18. The molecule has 1 aromatic heterocycles. The van der Waals surface area contributed by atoms with Gasteiger partial charge in [-0.25, -0.2) is 9.18 Å². The van der Waals surface area contributed by atoms with Crippen LogP contribution in [0.5, 0.6) is 0 Å². The van der Waals surface area contributed by atoms with Crippen LogP contribution in [0.25, 0.3) is 0 Å². The van der Waals surface area contributed by atoms with E-state index in [2.05, 4.69) is 10.3 Å². The zero-order valence-electron chi connectivity index (χ0n) is 18.8. The molecular formula is C23H30FN3O4. The number of anilines is 2. The number of H-pyrrole nitrogens is 1. The number of halogens is 1. The molecule has 3 rings (SSSR count). The molecule has 1 saturated heterocycles. The Balaban J connectivity index is 1.77. The van der Waals surface area contributed by atoms with Crippen LogP contribution in [-0.4, -0.2) is 48.3 Å². The zero-order chi connectivity index (χ0) is 22.9. The van der Waals surface area contributed by atoms with Gasteiger partial charge in [0.2, 0.25) is 0 Å². The molecule has 7 nitrogen and oxygen atoms in total. The van der Waals surface area contributed by atoms with E-state index in [4.69, 9.17) is 9.47 Å². The maximum Gasteiger partial charge on any atom is 0.340 e. The number of nitrogens with one attached hydrogen (secondary N) is 2. The van der Waals surface area contributed by atoms with Crippen molar-refractivity contribution in [3.8, 4) is 0 Å². The third-order valence-corrected chi connectivity index (χ3v) is 5.18. The maximum absolute atomic E-state index is 14.8. The molecule has 1 aromatic carbocycles. The van der Waals surface area contributed by atoms with Crippen molar-refractivity contribution in [2.45, 2.75) is 59.9 Å². The molecule has 8 heteroatoms. The van der Waals surface area contributed by atoms with Crippen molar-refractivity contribution in [3.63, 3.8) is 0 Å². The number of carbonyl (C=O) groups excluding carboxylic acids is 2. The number of hydrogen-bond acceptors (Lipinski definition) is 5. The van der Waals surface area contributed by atoms with Crippen LogP contribution in [0.2, 0.25) is 0 Å². The van der Waals surface area contributed by atoms with E-state index in [1.165, 1.54) is 6.07 Å². The van der Waals surface area contributed by atoms with Gasteiger partial charge in [0, 0.05) is 24.5 Å². The molecule has 1 amide bonds. The molecule has 2 atom stereocenters. The van der Waals surface area contributed by atoms with Crippen LogP contribution in [0.1, 0.15) is 59.8 Å². The van der Waals surface area contributed by atoms with Crippen LogP contribution >= 0.6 is 0 Å². The summed E-state index contributed by atoms with van der Waals surface area (Å²) in [5.41, 5.74) is 2.44. The summed E-state index contributed by atoms with van der Waals surface area (Å²) in [6, 6.07) is 4.63. The number of aryl methyl sites for hydroxylation is 1. The van der Waals surface area contributed by atoms with Crippen molar-refractivity contribution in [2.24, 2.45) is 0 Å². The largest absolute Gasteiger partial charge is 0.459 e. The van der Waals surface area contributed by atoms with E-state index in [1.807, 2.05) is 18.7 Å². The standard InChI is InChI=1S/C23H30FN3O4/c1-12(2)30-23(29)20-15(5)21(25-16(20)6)22(28)26-17-7-8-19(18(24)9-17)27-10-13(3)31-14(4)11-27/h7-9,12-14,25H,10-11H2,1-6H3,(H,26,28). The van der Waals surface area contributed by atoms with Crippen molar-refractivity contribution in [2.75, 3.05) is 23.3 Å². The van der Waals surface area contributed by atoms with E-state index in [-0.39, 0.29) is 24.0 Å². The van der Waals surface area contributed by atoms with Gasteiger partial charge in [-0.1, -0.05) is 0 Å². The summed E-state index contributed by atoms with van der Waals surface area (Å²) in [4.78, 5) is 30.0. The minimum Gasteiger partial charge on any atom is -0.459 e. The summed E-state index contributed by atoms with van der Waals surface area (Å²) in [6.45, 7) is 12.0. The predicted molar refractivity (Wildman–Crippen MR) is 117 cm³/mol. The average Bonchev–Trinajstić information content (AvgIpc) is 2.94. The number of benzene rings is 1. The first-order valence-electron chi connectivity index (χ1n) is 10.5. The first-order valence-corrected chi connectivity index (χ1v) is 10.5. The first kappa shape index (κ1) is 22.8. The number of aromatic nitrogens is 1. The Kier molecular flexibility index (Phi) is 6.69. The summed E-state index contributed by atoms with van der Waals surface area (Å²) in [7, 11) is 0. The number of rotatable bonds is 5. The van der Waals surface area contributed by atoms with E-state index in [1.54, 1.807) is 39.8 Å². The Morgan fingerprint density at radius 3 is 2.45 bits per heavy atom. The SMILES string of the molecule is Cc1[nH]c(C(=O)Nc2ccc(N3CC(C)OC(C)C3)c(F)c2)c(C)c1C(=O)OC(C)C. The van der Waals surface area contributed by atoms with Gasteiger partial charge >= 0.3 is 5.97 Å². The second kappa shape index (κ2) is 9.09. The van der Waals surface area contributed by atoms with Crippen molar-refractivity contribution in [1.82, 2.24) is 4.98 Å². The lowest BCUT2D eigenvalue weighted by molar-refractivity contribution is -0.00539. The molecule has 1 aliphatic rings. The van der Waals surface area contributed by atoms with E-state index < -0.39 is 17.7 Å². The Bertz CT molecular complexity index is 975. The minimum atomic E-state index is -0.482. The highest BCUT2D eigenvalue weighted by atomic mass is 19.1. The van der Waals surface area contributed by atoms with Gasteiger partial charge in [0.1, 0.15) is 11.5 Å². The van der Waals surface area contributed by atoms with Gasteiger partial charge < -0.3 is 24.7 Å². The molecule has 2 heterocycles. The molecule has 0 spiro atoms. The van der Waals surface area contributed by atoms with Gasteiger partial charge in [-0.3, -0.25) is 4.79 Å². The maximum atomic E-state index is 14.8. The molecule has 0 aliphatic carbocycles. The highest BCUT2D eigenvalue weighted by molar-refractivity contribution is 6.06. The van der Waals surface area contributed by atoms with Gasteiger partial charge in [-0.2, -0.15) is 0 Å². The van der Waals surface area contributed by atoms with Gasteiger partial charge in [-0.05, 0) is 65.3 Å². The number of ether oxygens (including phenoxy) is 2. The number of hydrogen-bond donors (Lipinski definition) is 2. The number of morpholine rings is 1. The number of carbonyl (C=O) groups is 2. The van der Waals surface area contributed by atoms with Crippen molar-refractivity contribution < 1.29 is 23.5 Å². The molecular weight excluding hydrogens is 401 g/mol. The predicted octanol–water partition coefficient (Wildman–Crippen LogP) is 4.20. The Morgan fingerprint density at radius 2 is 1.87 bits per heavy atom. The number of aromatic amines is 1. The Hall–Kier alpha value is -2.87.